The summed E-state index contributed by atoms with van der Waals surface area (Å²) in [5.41, 5.74) is -0.512. The monoisotopic (exact) mass is 273 g/mol. The van der Waals surface area contributed by atoms with Crippen LogP contribution in [0.4, 0.5) is 0 Å². The average molecular weight is 273 g/mol. The molecule has 0 spiro atoms. The zero-order valence-electron chi connectivity index (χ0n) is 12.3. The topological polar surface area (TPSA) is 65.1 Å². The van der Waals surface area contributed by atoms with Crippen molar-refractivity contribution in [2.24, 2.45) is 5.92 Å². The third kappa shape index (κ3) is 5.16. The summed E-state index contributed by atoms with van der Waals surface area (Å²) in [4.78, 5) is 28.0. The number of rotatable bonds is 3. The van der Waals surface area contributed by atoms with E-state index in [0.717, 1.165) is 0 Å². The van der Waals surface area contributed by atoms with Crippen molar-refractivity contribution in [2.45, 2.75) is 45.8 Å². The SMILES string of the molecule is COC1CN(OC(C)=O)CCC1C(=O)OC(C)(C)C. The maximum atomic E-state index is 12.1. The van der Waals surface area contributed by atoms with Gasteiger partial charge in [-0.3, -0.25) is 9.59 Å². The van der Waals surface area contributed by atoms with Crippen LogP contribution in [0.25, 0.3) is 0 Å². The molecule has 2 unspecified atom stereocenters. The van der Waals surface area contributed by atoms with Gasteiger partial charge in [0.2, 0.25) is 0 Å². The number of methoxy groups -OCH3 is 1. The minimum Gasteiger partial charge on any atom is -0.460 e. The summed E-state index contributed by atoms with van der Waals surface area (Å²) in [5, 5.41) is 1.53. The Balaban J connectivity index is 2.61. The minimum atomic E-state index is -0.512. The van der Waals surface area contributed by atoms with Crippen molar-refractivity contribution >= 4 is 11.9 Å². The van der Waals surface area contributed by atoms with Crippen LogP contribution in [0.2, 0.25) is 0 Å². The van der Waals surface area contributed by atoms with Crippen LogP contribution in [0, 0.1) is 5.92 Å². The average Bonchev–Trinajstić information content (AvgIpc) is 2.25. The maximum absolute atomic E-state index is 12.1. The van der Waals surface area contributed by atoms with Crippen molar-refractivity contribution < 1.29 is 23.9 Å². The number of hydrogen-bond acceptors (Lipinski definition) is 6. The largest absolute Gasteiger partial charge is 0.460 e. The predicted octanol–water partition coefficient (Wildman–Crippen LogP) is 1.14. The molecule has 1 aliphatic heterocycles. The Hall–Kier alpha value is -1.14. The van der Waals surface area contributed by atoms with Crippen molar-refractivity contribution in [2.75, 3.05) is 20.2 Å². The zero-order valence-corrected chi connectivity index (χ0v) is 12.3. The second-order valence-electron chi connectivity index (χ2n) is 5.67. The smallest absolute Gasteiger partial charge is 0.322 e. The van der Waals surface area contributed by atoms with Crippen molar-refractivity contribution in [3.63, 3.8) is 0 Å². The zero-order chi connectivity index (χ0) is 14.6. The van der Waals surface area contributed by atoms with Crippen LogP contribution in [0.1, 0.15) is 34.1 Å². The molecule has 0 N–H and O–H groups in total. The Labute approximate surface area is 113 Å². The van der Waals surface area contributed by atoms with E-state index in [2.05, 4.69) is 0 Å². The number of ether oxygens (including phenoxy) is 2. The standard InChI is InChI=1S/C13H23NO5/c1-9(15)19-14-7-6-10(11(8-14)17-5)12(16)18-13(2,3)4/h10-11H,6-8H2,1-5H3. The molecule has 6 heteroatoms. The van der Waals surface area contributed by atoms with Crippen LogP contribution >= 0.6 is 0 Å². The fourth-order valence-electron chi connectivity index (χ4n) is 2.04. The number of nitrogens with zero attached hydrogens (tertiary/aromatic N) is 1. The van der Waals surface area contributed by atoms with Gasteiger partial charge in [-0.1, -0.05) is 0 Å². The van der Waals surface area contributed by atoms with E-state index in [1.54, 1.807) is 7.11 Å². The summed E-state index contributed by atoms with van der Waals surface area (Å²) >= 11 is 0. The maximum Gasteiger partial charge on any atom is 0.322 e. The van der Waals surface area contributed by atoms with E-state index in [1.165, 1.54) is 12.0 Å². The molecule has 0 aromatic rings. The van der Waals surface area contributed by atoms with E-state index in [1.807, 2.05) is 20.8 Å². The summed E-state index contributed by atoms with van der Waals surface area (Å²) in [6.45, 7) is 7.73. The van der Waals surface area contributed by atoms with Crippen LogP contribution in [-0.2, 0) is 23.9 Å². The molecule has 0 aromatic carbocycles. The molecule has 110 valence electrons. The van der Waals surface area contributed by atoms with Gasteiger partial charge in [0.1, 0.15) is 5.60 Å². The summed E-state index contributed by atoms with van der Waals surface area (Å²) in [7, 11) is 1.54. The van der Waals surface area contributed by atoms with Crippen LogP contribution in [0.15, 0.2) is 0 Å². The van der Waals surface area contributed by atoms with Gasteiger partial charge in [-0.2, -0.15) is 0 Å². The van der Waals surface area contributed by atoms with Crippen molar-refractivity contribution in [1.82, 2.24) is 5.06 Å². The van der Waals surface area contributed by atoms with Gasteiger partial charge in [-0.25, -0.2) is 0 Å². The molecule has 1 aliphatic rings. The van der Waals surface area contributed by atoms with Gasteiger partial charge in [0.05, 0.1) is 18.6 Å². The van der Waals surface area contributed by atoms with Gasteiger partial charge in [0, 0.05) is 20.6 Å². The highest BCUT2D eigenvalue weighted by Gasteiger charge is 2.38. The van der Waals surface area contributed by atoms with Crippen molar-refractivity contribution in [3.05, 3.63) is 0 Å². The molecule has 1 rings (SSSR count). The van der Waals surface area contributed by atoms with Gasteiger partial charge in [-0.15, -0.1) is 5.06 Å². The number of carbonyl (C=O) groups is 2. The fraction of sp³-hybridized carbons (Fsp3) is 0.846. The molecule has 19 heavy (non-hydrogen) atoms. The first-order chi connectivity index (χ1) is 8.73. The summed E-state index contributed by atoms with van der Waals surface area (Å²) in [6.07, 6.45) is 0.212. The van der Waals surface area contributed by atoms with Crippen LogP contribution in [-0.4, -0.2) is 48.9 Å². The normalized spacial score (nSPS) is 24.9. The summed E-state index contributed by atoms with van der Waals surface area (Å²) < 4.78 is 10.7. The molecule has 1 fully saturated rings. The van der Waals surface area contributed by atoms with Gasteiger partial charge < -0.3 is 14.3 Å². The highest BCUT2D eigenvalue weighted by molar-refractivity contribution is 5.73. The molecule has 2 atom stereocenters. The molecule has 6 nitrogen and oxygen atoms in total. The Bertz CT molecular complexity index is 336. The number of hydrogen-bond donors (Lipinski definition) is 0. The molecular weight excluding hydrogens is 250 g/mol. The molecule has 1 heterocycles. The van der Waals surface area contributed by atoms with E-state index in [4.69, 9.17) is 14.3 Å². The Kier molecular flexibility index (Phi) is 5.31. The molecule has 0 radical (unpaired) electrons. The van der Waals surface area contributed by atoms with Crippen molar-refractivity contribution in [3.8, 4) is 0 Å². The van der Waals surface area contributed by atoms with Crippen LogP contribution in [0.3, 0.4) is 0 Å². The second-order valence-corrected chi connectivity index (χ2v) is 5.67. The number of hydroxylamine groups is 2. The lowest BCUT2D eigenvalue weighted by Gasteiger charge is -2.36. The first-order valence-corrected chi connectivity index (χ1v) is 6.42. The number of piperidine rings is 1. The number of carbonyl (C=O) groups excluding carboxylic acids is 2. The van der Waals surface area contributed by atoms with E-state index in [-0.39, 0.29) is 24.0 Å². The van der Waals surface area contributed by atoms with E-state index >= 15 is 0 Å². The Morgan fingerprint density at radius 3 is 2.37 bits per heavy atom. The summed E-state index contributed by atoms with van der Waals surface area (Å²) in [6, 6.07) is 0. The highest BCUT2D eigenvalue weighted by Crippen LogP contribution is 2.24. The first-order valence-electron chi connectivity index (χ1n) is 6.42. The molecule has 0 bridgehead atoms. The molecule has 0 aromatic heterocycles. The lowest BCUT2D eigenvalue weighted by molar-refractivity contribution is -0.210. The van der Waals surface area contributed by atoms with Crippen molar-refractivity contribution in [1.29, 1.82) is 0 Å². The lowest BCUT2D eigenvalue weighted by atomic mass is 9.94. The van der Waals surface area contributed by atoms with E-state index < -0.39 is 5.60 Å². The molecule has 1 saturated heterocycles. The summed E-state index contributed by atoms with van der Waals surface area (Å²) in [5.74, 6) is -0.955. The third-order valence-electron chi connectivity index (χ3n) is 2.79. The molecule has 0 amide bonds. The minimum absolute atomic E-state index is 0.262. The molecule has 0 aliphatic carbocycles. The lowest BCUT2D eigenvalue weighted by Crippen LogP contribution is -2.49. The highest BCUT2D eigenvalue weighted by atomic mass is 16.7. The van der Waals surface area contributed by atoms with Gasteiger partial charge in [-0.05, 0) is 27.2 Å². The molecule has 0 saturated carbocycles. The predicted molar refractivity (Wildman–Crippen MR) is 68.1 cm³/mol. The van der Waals surface area contributed by atoms with Crippen LogP contribution < -0.4 is 0 Å². The fourth-order valence-corrected chi connectivity index (χ4v) is 2.04. The number of esters is 1. The second kappa shape index (κ2) is 6.34. The first kappa shape index (κ1) is 15.9. The Morgan fingerprint density at radius 1 is 1.26 bits per heavy atom. The third-order valence-corrected chi connectivity index (χ3v) is 2.79. The Morgan fingerprint density at radius 2 is 1.89 bits per heavy atom. The van der Waals surface area contributed by atoms with Gasteiger partial charge in [0.15, 0.2) is 0 Å². The van der Waals surface area contributed by atoms with E-state index in [9.17, 15) is 9.59 Å². The van der Waals surface area contributed by atoms with Gasteiger partial charge in [0.25, 0.3) is 0 Å². The van der Waals surface area contributed by atoms with Gasteiger partial charge >= 0.3 is 11.9 Å². The van der Waals surface area contributed by atoms with E-state index in [0.29, 0.717) is 19.5 Å². The quantitative estimate of drug-likeness (QED) is 0.719. The molecular formula is C13H23NO5. The van der Waals surface area contributed by atoms with Crippen LogP contribution in [0.5, 0.6) is 0 Å².